The molecule has 3 atom stereocenters. The van der Waals surface area contributed by atoms with Crippen LogP contribution in [0.25, 0.3) is 11.0 Å². The Bertz CT molecular complexity index is 605. The number of hydrogen-bond acceptors (Lipinski definition) is 1. The molecule has 0 radical (unpaired) electrons. The summed E-state index contributed by atoms with van der Waals surface area (Å²) in [6.45, 7) is 4.67. The lowest BCUT2D eigenvalue weighted by Crippen LogP contribution is -2.16. The van der Waals surface area contributed by atoms with Crippen molar-refractivity contribution in [2.24, 2.45) is 11.8 Å². The Balaban J connectivity index is 2.16. The van der Waals surface area contributed by atoms with Crippen molar-refractivity contribution in [3.63, 3.8) is 0 Å². The van der Waals surface area contributed by atoms with Crippen molar-refractivity contribution in [3.05, 3.63) is 29.0 Å². The maximum absolute atomic E-state index is 6.09. The van der Waals surface area contributed by atoms with E-state index in [1.165, 1.54) is 12.8 Å². The standard InChI is InChI=1S/C15H18Cl2N2/c1-9-3-5-13(10(9)2)19-14-6-4-11(17)7-12(14)18-15(19)8-16/h4,6-7,9-10,13H,3,5,8H2,1-2H3. The predicted molar refractivity (Wildman–Crippen MR) is 80.9 cm³/mol. The number of fused-ring (bicyclic) bond motifs is 1. The van der Waals surface area contributed by atoms with Crippen LogP contribution >= 0.6 is 23.2 Å². The van der Waals surface area contributed by atoms with E-state index in [2.05, 4.69) is 29.5 Å². The summed E-state index contributed by atoms with van der Waals surface area (Å²) < 4.78 is 2.34. The number of benzene rings is 1. The van der Waals surface area contributed by atoms with E-state index in [0.717, 1.165) is 27.8 Å². The first-order valence-corrected chi connectivity index (χ1v) is 7.75. The molecule has 2 nitrogen and oxygen atoms in total. The van der Waals surface area contributed by atoms with Gasteiger partial charge in [0.05, 0.1) is 16.9 Å². The summed E-state index contributed by atoms with van der Waals surface area (Å²) in [6.07, 6.45) is 2.49. The molecule has 3 rings (SSSR count). The Labute approximate surface area is 123 Å². The predicted octanol–water partition coefficient (Wildman–Crippen LogP) is 5.04. The van der Waals surface area contributed by atoms with Gasteiger partial charge in [-0.3, -0.25) is 0 Å². The van der Waals surface area contributed by atoms with Gasteiger partial charge in [-0.05, 0) is 42.9 Å². The highest BCUT2D eigenvalue weighted by Gasteiger charge is 2.33. The first-order chi connectivity index (χ1) is 9.11. The summed E-state index contributed by atoms with van der Waals surface area (Å²) in [5.74, 6) is 2.84. The van der Waals surface area contributed by atoms with Gasteiger partial charge < -0.3 is 4.57 Å². The molecule has 1 fully saturated rings. The number of halogens is 2. The summed E-state index contributed by atoms with van der Waals surface area (Å²) in [6, 6.07) is 6.43. The van der Waals surface area contributed by atoms with E-state index >= 15 is 0 Å². The van der Waals surface area contributed by atoms with Crippen LogP contribution in [0, 0.1) is 11.8 Å². The SMILES string of the molecule is CC1CCC(n2c(CCl)nc3cc(Cl)ccc32)C1C. The van der Waals surface area contributed by atoms with Gasteiger partial charge in [-0.1, -0.05) is 25.4 Å². The van der Waals surface area contributed by atoms with Gasteiger partial charge in [-0.2, -0.15) is 0 Å². The van der Waals surface area contributed by atoms with Gasteiger partial charge in [0.1, 0.15) is 5.82 Å². The Morgan fingerprint density at radius 2 is 2.11 bits per heavy atom. The molecule has 0 saturated heterocycles. The van der Waals surface area contributed by atoms with Gasteiger partial charge in [0.25, 0.3) is 0 Å². The molecule has 1 aliphatic carbocycles. The fourth-order valence-corrected chi connectivity index (χ4v) is 3.64. The smallest absolute Gasteiger partial charge is 0.125 e. The second-order valence-electron chi connectivity index (χ2n) is 5.65. The van der Waals surface area contributed by atoms with Crippen molar-refractivity contribution in [1.29, 1.82) is 0 Å². The zero-order valence-electron chi connectivity index (χ0n) is 11.2. The molecule has 102 valence electrons. The molecule has 3 unspecified atom stereocenters. The lowest BCUT2D eigenvalue weighted by Gasteiger charge is -2.22. The second kappa shape index (κ2) is 4.99. The van der Waals surface area contributed by atoms with E-state index in [9.17, 15) is 0 Å². The van der Waals surface area contributed by atoms with Gasteiger partial charge in [-0.15, -0.1) is 11.6 Å². The van der Waals surface area contributed by atoms with Crippen LogP contribution < -0.4 is 0 Å². The summed E-state index contributed by atoms with van der Waals surface area (Å²) >= 11 is 12.1. The van der Waals surface area contributed by atoms with Crippen LogP contribution in [-0.4, -0.2) is 9.55 Å². The lowest BCUT2D eigenvalue weighted by molar-refractivity contribution is 0.354. The molecule has 0 bridgehead atoms. The van der Waals surface area contributed by atoms with E-state index in [0.29, 0.717) is 17.8 Å². The molecule has 0 aliphatic heterocycles. The third-order valence-electron chi connectivity index (χ3n) is 4.60. The molecular weight excluding hydrogens is 279 g/mol. The zero-order chi connectivity index (χ0) is 13.6. The van der Waals surface area contributed by atoms with Crippen molar-refractivity contribution in [2.45, 2.75) is 38.6 Å². The Hall–Kier alpha value is -0.730. The van der Waals surface area contributed by atoms with Crippen molar-refractivity contribution >= 4 is 34.2 Å². The average Bonchev–Trinajstić information content (AvgIpc) is 2.90. The minimum Gasteiger partial charge on any atom is -0.324 e. The van der Waals surface area contributed by atoms with Crippen LogP contribution in [0.2, 0.25) is 5.02 Å². The van der Waals surface area contributed by atoms with Gasteiger partial charge in [0.15, 0.2) is 0 Å². The normalized spacial score (nSPS) is 27.3. The van der Waals surface area contributed by atoms with Crippen LogP contribution in [-0.2, 0) is 5.88 Å². The number of nitrogens with zero attached hydrogens (tertiary/aromatic N) is 2. The van der Waals surface area contributed by atoms with Crippen LogP contribution in [0.5, 0.6) is 0 Å². The number of hydrogen-bond donors (Lipinski definition) is 0. The molecule has 1 saturated carbocycles. The molecule has 19 heavy (non-hydrogen) atoms. The Morgan fingerprint density at radius 1 is 1.32 bits per heavy atom. The molecule has 1 aromatic heterocycles. The quantitative estimate of drug-likeness (QED) is 0.710. The molecule has 4 heteroatoms. The Morgan fingerprint density at radius 3 is 2.74 bits per heavy atom. The number of aromatic nitrogens is 2. The fourth-order valence-electron chi connectivity index (χ4n) is 3.29. The number of imidazole rings is 1. The molecule has 1 aromatic carbocycles. The van der Waals surface area contributed by atoms with E-state index in [4.69, 9.17) is 23.2 Å². The number of alkyl halides is 1. The van der Waals surface area contributed by atoms with E-state index in [-0.39, 0.29) is 0 Å². The summed E-state index contributed by atoms with van der Waals surface area (Å²) in [4.78, 5) is 4.64. The van der Waals surface area contributed by atoms with Crippen LogP contribution in [0.4, 0.5) is 0 Å². The minimum atomic E-state index is 0.448. The van der Waals surface area contributed by atoms with Crippen LogP contribution in [0.3, 0.4) is 0 Å². The maximum Gasteiger partial charge on any atom is 0.125 e. The molecule has 0 spiro atoms. The topological polar surface area (TPSA) is 17.8 Å². The molecular formula is C15H18Cl2N2. The molecule has 0 N–H and O–H groups in total. The highest BCUT2D eigenvalue weighted by Crippen LogP contribution is 2.42. The van der Waals surface area contributed by atoms with E-state index < -0.39 is 0 Å². The van der Waals surface area contributed by atoms with Gasteiger partial charge in [0, 0.05) is 11.1 Å². The highest BCUT2D eigenvalue weighted by molar-refractivity contribution is 6.31. The largest absolute Gasteiger partial charge is 0.324 e. The first kappa shape index (κ1) is 13.3. The lowest BCUT2D eigenvalue weighted by atomic mass is 9.97. The monoisotopic (exact) mass is 296 g/mol. The average molecular weight is 297 g/mol. The molecule has 2 aromatic rings. The summed E-state index contributed by atoms with van der Waals surface area (Å²) in [7, 11) is 0. The van der Waals surface area contributed by atoms with Crippen molar-refractivity contribution in [2.75, 3.05) is 0 Å². The third kappa shape index (κ3) is 2.15. The van der Waals surface area contributed by atoms with Gasteiger partial charge in [-0.25, -0.2) is 4.98 Å². The van der Waals surface area contributed by atoms with Crippen LogP contribution in [0.15, 0.2) is 18.2 Å². The van der Waals surface area contributed by atoms with Gasteiger partial charge in [0.2, 0.25) is 0 Å². The first-order valence-electron chi connectivity index (χ1n) is 6.84. The minimum absolute atomic E-state index is 0.448. The molecule has 1 heterocycles. The molecule has 1 aliphatic rings. The Kier molecular flexibility index (Phi) is 3.48. The summed E-state index contributed by atoms with van der Waals surface area (Å²) in [5.41, 5.74) is 2.11. The summed E-state index contributed by atoms with van der Waals surface area (Å²) in [5, 5.41) is 0.728. The fraction of sp³-hybridized carbons (Fsp3) is 0.533. The number of rotatable bonds is 2. The van der Waals surface area contributed by atoms with Crippen molar-refractivity contribution < 1.29 is 0 Å². The second-order valence-corrected chi connectivity index (χ2v) is 6.35. The highest BCUT2D eigenvalue weighted by atomic mass is 35.5. The van der Waals surface area contributed by atoms with Crippen molar-refractivity contribution in [1.82, 2.24) is 9.55 Å². The van der Waals surface area contributed by atoms with Crippen molar-refractivity contribution in [3.8, 4) is 0 Å². The van der Waals surface area contributed by atoms with E-state index in [1.807, 2.05) is 12.1 Å². The zero-order valence-corrected chi connectivity index (χ0v) is 12.7. The maximum atomic E-state index is 6.09. The van der Waals surface area contributed by atoms with E-state index in [1.54, 1.807) is 0 Å². The van der Waals surface area contributed by atoms with Gasteiger partial charge >= 0.3 is 0 Å². The third-order valence-corrected chi connectivity index (χ3v) is 5.07. The molecule has 0 amide bonds. The van der Waals surface area contributed by atoms with Crippen LogP contribution in [0.1, 0.15) is 38.6 Å².